The molecule has 1 saturated heterocycles. The van der Waals surface area contributed by atoms with Crippen LogP contribution in [0, 0.1) is 11.3 Å². The van der Waals surface area contributed by atoms with Crippen LogP contribution in [0.15, 0.2) is 23.1 Å². The van der Waals surface area contributed by atoms with E-state index >= 15 is 0 Å². The van der Waals surface area contributed by atoms with Crippen LogP contribution in [-0.2, 0) is 26.1 Å². The van der Waals surface area contributed by atoms with Crippen LogP contribution in [0.3, 0.4) is 0 Å². The van der Waals surface area contributed by atoms with E-state index in [-0.39, 0.29) is 43.1 Å². The van der Waals surface area contributed by atoms with E-state index in [0.717, 1.165) is 30.2 Å². The number of sulfonamides is 1. The summed E-state index contributed by atoms with van der Waals surface area (Å²) >= 11 is 6.98. The number of nitriles is 1. The number of carbonyl (C=O) groups excluding carboxylic acids is 2. The number of anilines is 1. The minimum atomic E-state index is -3.85. The van der Waals surface area contributed by atoms with Gasteiger partial charge >= 0.3 is 11.9 Å². The predicted molar refractivity (Wildman–Crippen MR) is 118 cm³/mol. The zero-order valence-electron chi connectivity index (χ0n) is 17.1. The Labute approximate surface area is 194 Å². The number of halogens is 1. The number of nitrogens with two attached hydrogens (primary N) is 1. The molecular formula is C20H20ClN3O6S2. The van der Waals surface area contributed by atoms with Crippen molar-refractivity contribution in [1.82, 2.24) is 4.31 Å². The molecule has 1 aliphatic heterocycles. The number of hydrogen-bond donors (Lipinski definition) is 1. The smallest absolute Gasteiger partial charge is 0.348 e. The lowest BCUT2D eigenvalue weighted by atomic mass is 10.1. The van der Waals surface area contributed by atoms with Crippen LogP contribution < -0.4 is 5.73 Å². The molecule has 9 nitrogen and oxygen atoms in total. The highest BCUT2D eigenvalue weighted by Crippen LogP contribution is 2.32. The summed E-state index contributed by atoms with van der Waals surface area (Å²) in [6.07, 6.45) is 1.51. The van der Waals surface area contributed by atoms with Crippen molar-refractivity contribution in [2.75, 3.05) is 25.4 Å². The third-order valence-electron chi connectivity index (χ3n) is 4.80. The average Bonchev–Trinajstić information content (AvgIpc) is 3.40. The lowest BCUT2D eigenvalue weighted by Gasteiger charge is -2.17. The van der Waals surface area contributed by atoms with Gasteiger partial charge in [-0.1, -0.05) is 11.6 Å². The van der Waals surface area contributed by atoms with Crippen LogP contribution in [0.5, 0.6) is 0 Å². The molecule has 12 heteroatoms. The molecule has 1 aromatic carbocycles. The first-order valence-electron chi connectivity index (χ1n) is 9.65. The predicted octanol–water partition coefficient (Wildman–Crippen LogP) is 3.17. The summed E-state index contributed by atoms with van der Waals surface area (Å²) in [6.45, 7) is 2.12. The summed E-state index contributed by atoms with van der Waals surface area (Å²) in [7, 11) is -3.85. The number of nitrogen functional groups attached to an aromatic ring is 1. The van der Waals surface area contributed by atoms with Crippen LogP contribution >= 0.6 is 22.9 Å². The molecular weight excluding hydrogens is 478 g/mol. The molecule has 0 atom stereocenters. The van der Waals surface area contributed by atoms with E-state index in [9.17, 15) is 23.3 Å². The molecule has 0 amide bonds. The lowest BCUT2D eigenvalue weighted by Crippen LogP contribution is -2.28. The van der Waals surface area contributed by atoms with E-state index in [1.54, 1.807) is 6.92 Å². The zero-order chi connectivity index (χ0) is 23.5. The fraction of sp³-hybridized carbons (Fsp3) is 0.350. The van der Waals surface area contributed by atoms with Crippen molar-refractivity contribution in [3.63, 3.8) is 0 Å². The maximum Gasteiger partial charge on any atom is 0.348 e. The maximum atomic E-state index is 12.9. The van der Waals surface area contributed by atoms with Gasteiger partial charge in [-0.2, -0.15) is 9.57 Å². The third-order valence-corrected chi connectivity index (χ3v) is 8.23. The highest BCUT2D eigenvalue weighted by atomic mass is 35.5. The Morgan fingerprint density at radius 2 is 1.94 bits per heavy atom. The summed E-state index contributed by atoms with van der Waals surface area (Å²) in [5.41, 5.74) is 5.94. The molecule has 170 valence electrons. The normalized spacial score (nSPS) is 14.2. The molecule has 32 heavy (non-hydrogen) atoms. The number of hydrogen-bond acceptors (Lipinski definition) is 9. The van der Waals surface area contributed by atoms with Crippen molar-refractivity contribution in [1.29, 1.82) is 5.26 Å². The highest BCUT2D eigenvalue weighted by molar-refractivity contribution is 7.89. The van der Waals surface area contributed by atoms with E-state index < -0.39 is 28.6 Å². The van der Waals surface area contributed by atoms with Crippen LogP contribution in [-0.4, -0.2) is 44.4 Å². The largest absolute Gasteiger partial charge is 0.462 e. The van der Waals surface area contributed by atoms with Crippen molar-refractivity contribution in [3.8, 4) is 6.07 Å². The average molecular weight is 498 g/mol. The minimum Gasteiger partial charge on any atom is -0.462 e. The zero-order valence-corrected chi connectivity index (χ0v) is 19.5. The Morgan fingerprint density at radius 3 is 2.56 bits per heavy atom. The molecule has 0 spiro atoms. The summed E-state index contributed by atoms with van der Waals surface area (Å²) in [4.78, 5) is 24.7. The molecule has 0 radical (unpaired) electrons. The van der Waals surface area contributed by atoms with E-state index in [1.165, 1.54) is 16.4 Å². The van der Waals surface area contributed by atoms with E-state index in [4.69, 9.17) is 26.8 Å². The standard InChI is InChI=1S/C20H20ClN3O6S2/c1-2-29-20(26)17-14(13(10-22)18(23)31-17)11-30-19(25)12-5-6-15(21)16(9-12)32(27,28)24-7-3-4-8-24/h5-6,9H,2-4,7-8,11,23H2,1H3. The topological polar surface area (TPSA) is 140 Å². The van der Waals surface area contributed by atoms with Crippen molar-refractivity contribution in [2.45, 2.75) is 31.3 Å². The second-order valence-electron chi connectivity index (χ2n) is 6.81. The first kappa shape index (κ1) is 24.0. The van der Waals surface area contributed by atoms with Gasteiger partial charge in [0.15, 0.2) is 0 Å². The Balaban J connectivity index is 1.85. The monoisotopic (exact) mass is 497 g/mol. The Kier molecular flexibility index (Phi) is 7.40. The summed E-state index contributed by atoms with van der Waals surface area (Å²) in [6, 6.07) is 5.72. The van der Waals surface area contributed by atoms with Gasteiger partial charge in [-0.05, 0) is 38.0 Å². The second kappa shape index (κ2) is 9.87. The lowest BCUT2D eigenvalue weighted by molar-refractivity contribution is 0.0452. The summed E-state index contributed by atoms with van der Waals surface area (Å²) in [5, 5.41) is 9.46. The maximum absolute atomic E-state index is 12.9. The Bertz CT molecular complexity index is 1200. The minimum absolute atomic E-state index is 0.00424. The summed E-state index contributed by atoms with van der Waals surface area (Å²) in [5.74, 6) is -1.52. The van der Waals surface area contributed by atoms with Gasteiger partial charge in [-0.15, -0.1) is 11.3 Å². The molecule has 1 aromatic heterocycles. The van der Waals surface area contributed by atoms with Gasteiger partial charge in [0.05, 0.1) is 22.8 Å². The van der Waals surface area contributed by atoms with Gasteiger partial charge in [0.25, 0.3) is 0 Å². The van der Waals surface area contributed by atoms with Gasteiger partial charge in [0, 0.05) is 18.7 Å². The van der Waals surface area contributed by atoms with Crippen molar-refractivity contribution < 1.29 is 27.5 Å². The van der Waals surface area contributed by atoms with Crippen molar-refractivity contribution in [3.05, 3.63) is 44.8 Å². The van der Waals surface area contributed by atoms with E-state index in [1.807, 2.05) is 6.07 Å². The molecule has 1 aliphatic rings. The first-order chi connectivity index (χ1) is 15.2. The first-order valence-corrected chi connectivity index (χ1v) is 12.3. The molecule has 0 unspecified atom stereocenters. The number of ether oxygens (including phenoxy) is 2. The molecule has 2 heterocycles. The number of thiophene rings is 1. The van der Waals surface area contributed by atoms with Crippen LogP contribution in [0.4, 0.5) is 5.00 Å². The molecule has 1 fully saturated rings. The third kappa shape index (κ3) is 4.73. The fourth-order valence-electron chi connectivity index (χ4n) is 3.22. The van der Waals surface area contributed by atoms with Crippen molar-refractivity contribution >= 4 is 49.9 Å². The number of nitrogens with zero attached hydrogens (tertiary/aromatic N) is 2. The number of carbonyl (C=O) groups is 2. The second-order valence-corrected chi connectivity index (χ2v) is 10.2. The highest BCUT2D eigenvalue weighted by Gasteiger charge is 2.30. The van der Waals surface area contributed by atoms with Gasteiger partial charge < -0.3 is 15.2 Å². The molecule has 0 saturated carbocycles. The van der Waals surface area contributed by atoms with Crippen LogP contribution in [0.25, 0.3) is 0 Å². The van der Waals surface area contributed by atoms with Gasteiger partial charge in [-0.3, -0.25) is 0 Å². The van der Waals surface area contributed by atoms with Gasteiger partial charge in [0.1, 0.15) is 27.4 Å². The quantitative estimate of drug-likeness (QED) is 0.575. The molecule has 0 bridgehead atoms. The molecule has 0 aliphatic carbocycles. The SMILES string of the molecule is CCOC(=O)c1sc(N)c(C#N)c1COC(=O)c1ccc(Cl)c(S(=O)(=O)N2CCCC2)c1. The Hall–Kier alpha value is -2.65. The van der Waals surface area contributed by atoms with Crippen LogP contribution in [0.2, 0.25) is 5.02 Å². The van der Waals surface area contributed by atoms with Gasteiger partial charge in [-0.25, -0.2) is 18.0 Å². The Morgan fingerprint density at radius 1 is 1.25 bits per heavy atom. The van der Waals surface area contributed by atoms with E-state index in [2.05, 4.69) is 0 Å². The summed E-state index contributed by atoms with van der Waals surface area (Å²) < 4.78 is 37.3. The fourth-order valence-corrected chi connectivity index (χ4v) is 6.16. The van der Waals surface area contributed by atoms with Gasteiger partial charge in [0.2, 0.25) is 10.0 Å². The van der Waals surface area contributed by atoms with E-state index in [0.29, 0.717) is 13.1 Å². The number of esters is 2. The molecule has 3 rings (SSSR count). The molecule has 2 N–H and O–H groups in total. The van der Waals surface area contributed by atoms with Crippen LogP contribution in [0.1, 0.15) is 50.9 Å². The van der Waals surface area contributed by atoms with Crippen molar-refractivity contribution in [2.24, 2.45) is 0 Å². The number of rotatable bonds is 7. The molecule has 2 aromatic rings. The number of benzene rings is 1.